The van der Waals surface area contributed by atoms with Gasteiger partial charge in [-0.25, -0.2) is 0 Å². The summed E-state index contributed by atoms with van der Waals surface area (Å²) in [4.78, 5) is 13.4. The SMILES string of the molecule is N#Cc1ccc(C2CC2(Cc2ccccc2)C(=O)Nc2ccc(C#N)c(C(F)(F)F)c2)cc1. The maximum Gasteiger partial charge on any atom is 0.417 e. The number of benzene rings is 3. The second-order valence-electron chi connectivity index (χ2n) is 8.13. The van der Waals surface area contributed by atoms with Crippen molar-refractivity contribution in [3.8, 4) is 12.1 Å². The summed E-state index contributed by atoms with van der Waals surface area (Å²) in [6.45, 7) is 0. The third kappa shape index (κ3) is 4.44. The van der Waals surface area contributed by atoms with Gasteiger partial charge in [0.25, 0.3) is 0 Å². The van der Waals surface area contributed by atoms with Crippen LogP contribution in [0.5, 0.6) is 0 Å². The van der Waals surface area contributed by atoms with Gasteiger partial charge in [-0.1, -0.05) is 42.5 Å². The molecule has 164 valence electrons. The molecule has 4 rings (SSSR count). The molecular weight excluding hydrogens is 427 g/mol. The summed E-state index contributed by atoms with van der Waals surface area (Å²) < 4.78 is 40.0. The van der Waals surface area contributed by atoms with Crippen LogP contribution in [0.3, 0.4) is 0 Å². The quantitative estimate of drug-likeness (QED) is 0.539. The smallest absolute Gasteiger partial charge is 0.326 e. The van der Waals surface area contributed by atoms with Crippen molar-refractivity contribution < 1.29 is 18.0 Å². The number of hydrogen-bond acceptors (Lipinski definition) is 3. The predicted molar refractivity (Wildman–Crippen MR) is 116 cm³/mol. The molecule has 1 fully saturated rings. The zero-order valence-corrected chi connectivity index (χ0v) is 17.4. The average Bonchev–Trinajstić information content (AvgIpc) is 3.54. The molecular formula is C26H18F3N3O. The molecule has 2 unspecified atom stereocenters. The van der Waals surface area contributed by atoms with E-state index in [1.165, 1.54) is 6.07 Å². The van der Waals surface area contributed by atoms with Crippen LogP contribution in [0.1, 0.15) is 40.2 Å². The first-order valence-corrected chi connectivity index (χ1v) is 10.2. The van der Waals surface area contributed by atoms with Crippen molar-refractivity contribution in [2.24, 2.45) is 5.41 Å². The van der Waals surface area contributed by atoms with E-state index in [2.05, 4.69) is 11.4 Å². The van der Waals surface area contributed by atoms with E-state index in [1.807, 2.05) is 42.5 Å². The molecule has 3 aromatic rings. The molecule has 0 heterocycles. The Morgan fingerprint density at radius 3 is 2.30 bits per heavy atom. The van der Waals surface area contributed by atoms with E-state index in [-0.39, 0.29) is 17.5 Å². The molecule has 33 heavy (non-hydrogen) atoms. The molecule has 7 heteroatoms. The molecule has 1 N–H and O–H groups in total. The molecule has 4 nitrogen and oxygen atoms in total. The van der Waals surface area contributed by atoms with E-state index in [0.29, 0.717) is 18.4 Å². The number of amides is 1. The van der Waals surface area contributed by atoms with E-state index in [1.54, 1.807) is 18.2 Å². The van der Waals surface area contributed by atoms with Gasteiger partial charge in [0.2, 0.25) is 5.91 Å². The van der Waals surface area contributed by atoms with Crippen molar-refractivity contribution in [1.29, 1.82) is 10.5 Å². The average molecular weight is 445 g/mol. The molecule has 0 radical (unpaired) electrons. The van der Waals surface area contributed by atoms with Gasteiger partial charge >= 0.3 is 6.18 Å². The van der Waals surface area contributed by atoms with Crippen LogP contribution in [-0.4, -0.2) is 5.91 Å². The van der Waals surface area contributed by atoms with E-state index < -0.39 is 22.7 Å². The molecule has 1 aliphatic rings. The minimum atomic E-state index is -4.71. The molecule has 3 aromatic carbocycles. The molecule has 0 aromatic heterocycles. The highest BCUT2D eigenvalue weighted by atomic mass is 19.4. The van der Waals surface area contributed by atoms with Crippen LogP contribution in [0.4, 0.5) is 18.9 Å². The van der Waals surface area contributed by atoms with E-state index in [4.69, 9.17) is 10.5 Å². The van der Waals surface area contributed by atoms with Crippen molar-refractivity contribution in [2.45, 2.75) is 24.9 Å². The number of hydrogen-bond donors (Lipinski definition) is 1. The van der Waals surface area contributed by atoms with Gasteiger partial charge in [0.15, 0.2) is 0 Å². The molecule has 0 aliphatic heterocycles. The van der Waals surface area contributed by atoms with Crippen molar-refractivity contribution in [1.82, 2.24) is 0 Å². The lowest BCUT2D eigenvalue weighted by Gasteiger charge is -2.19. The van der Waals surface area contributed by atoms with Crippen LogP contribution in [0, 0.1) is 28.1 Å². The monoisotopic (exact) mass is 445 g/mol. The second-order valence-corrected chi connectivity index (χ2v) is 8.13. The molecule has 0 bridgehead atoms. The van der Waals surface area contributed by atoms with Gasteiger partial charge in [-0.3, -0.25) is 4.79 Å². The summed E-state index contributed by atoms with van der Waals surface area (Å²) >= 11 is 0. The maximum absolute atomic E-state index is 13.4. The summed E-state index contributed by atoms with van der Waals surface area (Å²) in [5.74, 6) is -0.510. The summed E-state index contributed by atoms with van der Waals surface area (Å²) in [5, 5.41) is 20.7. The number of anilines is 1. The normalized spacial score (nSPS) is 19.2. The lowest BCUT2D eigenvalue weighted by molar-refractivity contribution is -0.137. The van der Waals surface area contributed by atoms with Crippen molar-refractivity contribution in [3.05, 3.63) is 101 Å². The van der Waals surface area contributed by atoms with Gasteiger partial charge in [-0.2, -0.15) is 23.7 Å². The number of nitriles is 2. The number of halogens is 3. The highest BCUT2D eigenvalue weighted by Gasteiger charge is 2.60. The summed E-state index contributed by atoms with van der Waals surface area (Å²) in [6, 6.07) is 23.2. The first-order chi connectivity index (χ1) is 15.8. The zero-order valence-electron chi connectivity index (χ0n) is 17.4. The van der Waals surface area contributed by atoms with Gasteiger partial charge in [-0.15, -0.1) is 0 Å². The minimum Gasteiger partial charge on any atom is -0.326 e. The van der Waals surface area contributed by atoms with Gasteiger partial charge in [-0.05, 0) is 60.2 Å². The van der Waals surface area contributed by atoms with Gasteiger partial charge < -0.3 is 5.32 Å². The van der Waals surface area contributed by atoms with Crippen LogP contribution >= 0.6 is 0 Å². The van der Waals surface area contributed by atoms with Crippen LogP contribution < -0.4 is 5.32 Å². The Labute approximate surface area is 188 Å². The lowest BCUT2D eigenvalue weighted by Crippen LogP contribution is -2.28. The van der Waals surface area contributed by atoms with Crippen LogP contribution in [0.2, 0.25) is 0 Å². The fraction of sp³-hybridized carbons (Fsp3) is 0.192. The Morgan fingerprint density at radius 1 is 1.00 bits per heavy atom. The third-order valence-corrected chi connectivity index (χ3v) is 6.04. The second kappa shape index (κ2) is 8.44. The number of carbonyl (C=O) groups excluding carboxylic acids is 1. The van der Waals surface area contributed by atoms with Crippen molar-refractivity contribution in [2.75, 3.05) is 5.32 Å². The van der Waals surface area contributed by atoms with E-state index >= 15 is 0 Å². The molecule has 1 saturated carbocycles. The number of rotatable bonds is 5. The minimum absolute atomic E-state index is 0.00996. The highest BCUT2D eigenvalue weighted by Crippen LogP contribution is 2.61. The van der Waals surface area contributed by atoms with Crippen LogP contribution in [0.15, 0.2) is 72.8 Å². The number of alkyl halides is 3. The number of nitrogens with zero attached hydrogens (tertiary/aromatic N) is 2. The zero-order chi connectivity index (χ0) is 23.6. The number of nitrogens with one attached hydrogen (secondary N) is 1. The summed E-state index contributed by atoms with van der Waals surface area (Å²) in [7, 11) is 0. The molecule has 2 atom stereocenters. The topological polar surface area (TPSA) is 76.7 Å². The van der Waals surface area contributed by atoms with E-state index in [0.717, 1.165) is 23.3 Å². The Morgan fingerprint density at radius 2 is 1.70 bits per heavy atom. The lowest BCUT2D eigenvalue weighted by atomic mass is 9.90. The maximum atomic E-state index is 13.4. The Balaban J connectivity index is 1.65. The Bertz CT molecular complexity index is 1270. The highest BCUT2D eigenvalue weighted by molar-refractivity contribution is 5.99. The molecule has 1 aliphatic carbocycles. The Hall–Kier alpha value is -4.10. The molecule has 0 saturated heterocycles. The van der Waals surface area contributed by atoms with Crippen LogP contribution in [-0.2, 0) is 17.4 Å². The van der Waals surface area contributed by atoms with E-state index in [9.17, 15) is 18.0 Å². The van der Waals surface area contributed by atoms with Gasteiger partial charge in [0.1, 0.15) is 0 Å². The summed E-state index contributed by atoms with van der Waals surface area (Å²) in [5.41, 5.74) is -0.0721. The fourth-order valence-electron chi connectivity index (χ4n) is 4.23. The van der Waals surface area contributed by atoms with Crippen LogP contribution in [0.25, 0.3) is 0 Å². The largest absolute Gasteiger partial charge is 0.417 e. The molecule has 0 spiro atoms. The summed E-state index contributed by atoms with van der Waals surface area (Å²) in [6.07, 6.45) is -3.76. The predicted octanol–water partition coefficient (Wildman–Crippen LogP) is 5.80. The molecule has 1 amide bonds. The standard InChI is InChI=1S/C26H18F3N3O/c27-26(28,29)22-12-21(11-10-20(22)16-31)32-24(33)25(13-17-4-2-1-3-5-17)14-23(25)19-8-6-18(15-30)7-9-19/h1-12,23H,13-14H2,(H,32,33). The third-order valence-electron chi connectivity index (χ3n) is 6.04. The van der Waals surface area contributed by atoms with Crippen molar-refractivity contribution >= 4 is 11.6 Å². The first-order valence-electron chi connectivity index (χ1n) is 10.2. The van der Waals surface area contributed by atoms with Gasteiger partial charge in [0.05, 0.1) is 34.2 Å². The number of carbonyl (C=O) groups is 1. The first kappa shape index (κ1) is 22.1. The fourth-order valence-corrected chi connectivity index (χ4v) is 4.23. The van der Waals surface area contributed by atoms with Gasteiger partial charge in [0, 0.05) is 5.69 Å². The van der Waals surface area contributed by atoms with Crippen molar-refractivity contribution in [3.63, 3.8) is 0 Å². The Kier molecular flexibility index (Phi) is 5.66.